The van der Waals surface area contributed by atoms with Crippen molar-refractivity contribution >= 4 is 21.6 Å². The van der Waals surface area contributed by atoms with Crippen molar-refractivity contribution < 1.29 is 0 Å². The molecule has 0 aliphatic carbocycles. The molecule has 0 nitrogen and oxygen atoms in total. The maximum atomic E-state index is 2.28. The standard InChI is InChI=1S/C8H8S2/c1-6-2-3-8-7(4-6)5-9-10-8/h2-4H,5H2,1H3. The summed E-state index contributed by atoms with van der Waals surface area (Å²) in [4.78, 5) is 1.45. The molecule has 2 rings (SSSR count). The van der Waals surface area contributed by atoms with Gasteiger partial charge in [-0.25, -0.2) is 0 Å². The van der Waals surface area contributed by atoms with Crippen molar-refractivity contribution in [3.8, 4) is 0 Å². The van der Waals surface area contributed by atoms with Gasteiger partial charge in [0, 0.05) is 10.6 Å². The lowest BCUT2D eigenvalue weighted by atomic mass is 10.2. The number of aryl methyl sites for hydroxylation is 1. The van der Waals surface area contributed by atoms with E-state index >= 15 is 0 Å². The van der Waals surface area contributed by atoms with Gasteiger partial charge in [0.2, 0.25) is 0 Å². The molecule has 0 amide bonds. The molecule has 52 valence electrons. The molecule has 0 atom stereocenters. The van der Waals surface area contributed by atoms with Crippen LogP contribution in [0.25, 0.3) is 0 Å². The second-order valence-corrected chi connectivity index (χ2v) is 4.79. The van der Waals surface area contributed by atoms with Crippen LogP contribution in [0.3, 0.4) is 0 Å². The van der Waals surface area contributed by atoms with Crippen LogP contribution in [-0.2, 0) is 5.75 Å². The maximum Gasteiger partial charge on any atom is 0.0303 e. The van der Waals surface area contributed by atoms with Gasteiger partial charge in [0.15, 0.2) is 0 Å². The van der Waals surface area contributed by atoms with Crippen LogP contribution in [0, 0.1) is 6.92 Å². The van der Waals surface area contributed by atoms with E-state index in [1.807, 2.05) is 21.6 Å². The Morgan fingerprint density at radius 3 is 3.20 bits per heavy atom. The normalized spacial score (nSPS) is 15.3. The minimum Gasteiger partial charge on any atom is -0.0841 e. The van der Waals surface area contributed by atoms with E-state index in [9.17, 15) is 0 Å². The van der Waals surface area contributed by atoms with Crippen molar-refractivity contribution in [1.29, 1.82) is 0 Å². The first-order chi connectivity index (χ1) is 4.86. The third-order valence-electron chi connectivity index (χ3n) is 1.58. The third kappa shape index (κ3) is 1.06. The molecule has 0 fully saturated rings. The zero-order valence-corrected chi connectivity index (χ0v) is 7.39. The van der Waals surface area contributed by atoms with Crippen molar-refractivity contribution in [1.82, 2.24) is 0 Å². The van der Waals surface area contributed by atoms with E-state index < -0.39 is 0 Å². The largest absolute Gasteiger partial charge is 0.0841 e. The van der Waals surface area contributed by atoms with Gasteiger partial charge in [0.25, 0.3) is 0 Å². The van der Waals surface area contributed by atoms with Crippen molar-refractivity contribution in [2.24, 2.45) is 0 Å². The molecule has 0 aromatic heterocycles. The lowest BCUT2D eigenvalue weighted by molar-refractivity contribution is 1.26. The number of benzene rings is 1. The summed E-state index contributed by atoms with van der Waals surface area (Å²) >= 11 is 0. The minimum atomic E-state index is 1.18. The van der Waals surface area contributed by atoms with Gasteiger partial charge >= 0.3 is 0 Å². The minimum absolute atomic E-state index is 1.18. The highest BCUT2D eigenvalue weighted by molar-refractivity contribution is 8.76. The van der Waals surface area contributed by atoms with Crippen molar-refractivity contribution in [2.45, 2.75) is 17.6 Å². The highest BCUT2D eigenvalue weighted by atomic mass is 33.1. The monoisotopic (exact) mass is 168 g/mol. The molecule has 10 heavy (non-hydrogen) atoms. The molecule has 0 spiro atoms. The van der Waals surface area contributed by atoms with E-state index in [0.717, 1.165) is 0 Å². The second kappa shape index (κ2) is 2.51. The number of fused-ring (bicyclic) bond motifs is 1. The number of hydrogen-bond donors (Lipinski definition) is 0. The molecule has 0 radical (unpaired) electrons. The van der Waals surface area contributed by atoms with E-state index in [-0.39, 0.29) is 0 Å². The average molecular weight is 168 g/mol. The molecule has 0 saturated carbocycles. The number of rotatable bonds is 0. The van der Waals surface area contributed by atoms with Crippen LogP contribution >= 0.6 is 21.6 Å². The first-order valence-electron chi connectivity index (χ1n) is 3.25. The van der Waals surface area contributed by atoms with Crippen LogP contribution in [0.2, 0.25) is 0 Å². The first kappa shape index (κ1) is 6.62. The second-order valence-electron chi connectivity index (χ2n) is 2.46. The van der Waals surface area contributed by atoms with Gasteiger partial charge in [0.1, 0.15) is 0 Å². The molecule has 1 aromatic carbocycles. The maximum absolute atomic E-state index is 2.28. The van der Waals surface area contributed by atoms with E-state index in [0.29, 0.717) is 0 Å². The van der Waals surface area contributed by atoms with Crippen LogP contribution < -0.4 is 0 Å². The Hall–Kier alpha value is -0.0800. The van der Waals surface area contributed by atoms with Gasteiger partial charge in [0.05, 0.1) is 0 Å². The molecule has 0 saturated heterocycles. The molecule has 0 bridgehead atoms. The van der Waals surface area contributed by atoms with Crippen LogP contribution in [0.1, 0.15) is 11.1 Å². The summed E-state index contributed by atoms with van der Waals surface area (Å²) in [5, 5.41) is 0. The Morgan fingerprint density at radius 2 is 2.30 bits per heavy atom. The van der Waals surface area contributed by atoms with Gasteiger partial charge in [-0.3, -0.25) is 0 Å². The average Bonchev–Trinajstić information content (AvgIpc) is 2.33. The molecule has 0 unspecified atom stereocenters. The van der Waals surface area contributed by atoms with Crippen molar-refractivity contribution in [3.63, 3.8) is 0 Å². The summed E-state index contributed by atoms with van der Waals surface area (Å²) < 4.78 is 0. The fourth-order valence-corrected chi connectivity index (χ4v) is 3.49. The van der Waals surface area contributed by atoms with E-state index in [1.165, 1.54) is 21.8 Å². The summed E-state index contributed by atoms with van der Waals surface area (Å²) in [7, 11) is 3.82. The Labute approximate surface area is 68.8 Å². The molecule has 1 aromatic rings. The lowest BCUT2D eigenvalue weighted by Crippen LogP contribution is -1.78. The highest BCUT2D eigenvalue weighted by Crippen LogP contribution is 2.43. The summed E-state index contributed by atoms with van der Waals surface area (Å²) in [6.07, 6.45) is 0. The zero-order chi connectivity index (χ0) is 6.97. The fourth-order valence-electron chi connectivity index (χ4n) is 1.06. The fraction of sp³-hybridized carbons (Fsp3) is 0.250. The lowest BCUT2D eigenvalue weighted by Gasteiger charge is -1.96. The molecule has 1 aliphatic rings. The molecular formula is C8H8S2. The molecule has 0 N–H and O–H groups in total. The predicted molar refractivity (Wildman–Crippen MR) is 48.3 cm³/mol. The summed E-state index contributed by atoms with van der Waals surface area (Å²) in [5.41, 5.74) is 2.89. The zero-order valence-electron chi connectivity index (χ0n) is 5.76. The first-order valence-corrected chi connectivity index (χ1v) is 5.57. The topological polar surface area (TPSA) is 0 Å². The summed E-state index contributed by atoms with van der Waals surface area (Å²) in [5.74, 6) is 1.18. The van der Waals surface area contributed by atoms with Gasteiger partial charge in [-0.1, -0.05) is 39.3 Å². The Morgan fingerprint density at radius 1 is 1.40 bits per heavy atom. The third-order valence-corrected chi connectivity index (χ3v) is 3.95. The predicted octanol–water partition coefficient (Wildman–Crippen LogP) is 3.25. The van der Waals surface area contributed by atoms with Gasteiger partial charge in [-0.05, 0) is 18.6 Å². The molecule has 1 aliphatic heterocycles. The summed E-state index contributed by atoms with van der Waals surface area (Å²) in [6.45, 7) is 2.15. The van der Waals surface area contributed by atoms with Crippen LogP contribution in [0.5, 0.6) is 0 Å². The van der Waals surface area contributed by atoms with Gasteiger partial charge in [-0.2, -0.15) is 0 Å². The smallest absolute Gasteiger partial charge is 0.0303 e. The Kier molecular flexibility index (Phi) is 1.66. The van der Waals surface area contributed by atoms with Crippen LogP contribution in [0.15, 0.2) is 23.1 Å². The number of hydrogen-bond acceptors (Lipinski definition) is 2. The SMILES string of the molecule is Cc1ccc2c(c1)CSS2. The highest BCUT2D eigenvalue weighted by Gasteiger charge is 2.10. The van der Waals surface area contributed by atoms with Crippen molar-refractivity contribution in [2.75, 3.05) is 0 Å². The van der Waals surface area contributed by atoms with E-state index in [4.69, 9.17) is 0 Å². The van der Waals surface area contributed by atoms with Gasteiger partial charge in [-0.15, -0.1) is 0 Å². The van der Waals surface area contributed by atoms with Crippen LogP contribution in [-0.4, -0.2) is 0 Å². The van der Waals surface area contributed by atoms with Crippen molar-refractivity contribution in [3.05, 3.63) is 29.3 Å². The molecule has 1 heterocycles. The Bertz CT molecular complexity index is 255. The molecular weight excluding hydrogens is 160 g/mol. The Balaban J connectivity index is 2.52. The summed E-state index contributed by atoms with van der Waals surface area (Å²) in [6, 6.07) is 6.68. The van der Waals surface area contributed by atoms with E-state index in [2.05, 4.69) is 25.1 Å². The van der Waals surface area contributed by atoms with Crippen LogP contribution in [0.4, 0.5) is 0 Å². The van der Waals surface area contributed by atoms with E-state index in [1.54, 1.807) is 0 Å². The van der Waals surface area contributed by atoms with Gasteiger partial charge < -0.3 is 0 Å². The molecule has 2 heteroatoms. The quantitative estimate of drug-likeness (QED) is 0.545.